The van der Waals surface area contributed by atoms with Gasteiger partial charge in [-0.2, -0.15) is 0 Å². The van der Waals surface area contributed by atoms with Gasteiger partial charge in [0.25, 0.3) is 0 Å². The zero-order chi connectivity index (χ0) is 14.7. The molecule has 21 heavy (non-hydrogen) atoms. The molecular formula is C16H20N2OS2. The molecule has 0 saturated carbocycles. The van der Waals surface area contributed by atoms with Crippen LogP contribution in [0.1, 0.15) is 16.7 Å². The van der Waals surface area contributed by atoms with Gasteiger partial charge in [-0.15, -0.1) is 23.1 Å². The van der Waals surface area contributed by atoms with E-state index in [9.17, 15) is 0 Å². The minimum absolute atomic E-state index is 0.0991. The lowest BCUT2D eigenvalue weighted by Crippen LogP contribution is -2.49. The molecule has 3 N–H and O–H groups in total. The standard InChI is InChI=1S/C16H20N2OS2/c1-2-11-7-8-12(21-11)9-13(18-17)15-10-20-16-6-4-3-5-14(16)19-15/h3-8,13,15,18H,2,9-10,17H2,1H3. The van der Waals surface area contributed by atoms with E-state index in [-0.39, 0.29) is 12.1 Å². The van der Waals surface area contributed by atoms with E-state index in [1.54, 1.807) is 0 Å². The van der Waals surface area contributed by atoms with Crippen LogP contribution in [0.3, 0.4) is 0 Å². The summed E-state index contributed by atoms with van der Waals surface area (Å²) in [4.78, 5) is 4.00. The highest BCUT2D eigenvalue weighted by Crippen LogP contribution is 2.36. The van der Waals surface area contributed by atoms with Crippen molar-refractivity contribution in [2.24, 2.45) is 5.84 Å². The van der Waals surface area contributed by atoms with Crippen LogP contribution in [0.4, 0.5) is 0 Å². The van der Waals surface area contributed by atoms with Crippen LogP contribution < -0.4 is 16.0 Å². The van der Waals surface area contributed by atoms with Crippen molar-refractivity contribution in [3.8, 4) is 5.75 Å². The molecule has 1 aliphatic heterocycles. The number of rotatable bonds is 5. The Labute approximate surface area is 133 Å². The van der Waals surface area contributed by atoms with Crippen LogP contribution in [-0.2, 0) is 12.8 Å². The first-order chi connectivity index (χ1) is 10.3. The van der Waals surface area contributed by atoms with Crippen molar-refractivity contribution in [3.05, 3.63) is 46.2 Å². The number of thioether (sulfide) groups is 1. The number of hydrogen-bond donors (Lipinski definition) is 2. The largest absolute Gasteiger partial charge is 0.487 e. The Balaban J connectivity index is 1.69. The molecule has 2 heterocycles. The first kappa shape index (κ1) is 14.9. The molecule has 3 nitrogen and oxygen atoms in total. The molecule has 0 aliphatic carbocycles. The summed E-state index contributed by atoms with van der Waals surface area (Å²) in [6.45, 7) is 2.19. The molecule has 0 fully saturated rings. The molecular weight excluding hydrogens is 300 g/mol. The summed E-state index contributed by atoms with van der Waals surface area (Å²) < 4.78 is 6.13. The number of hydrazine groups is 1. The molecule has 1 aliphatic rings. The van der Waals surface area contributed by atoms with Crippen molar-refractivity contribution in [3.63, 3.8) is 0 Å². The number of hydrogen-bond acceptors (Lipinski definition) is 5. The van der Waals surface area contributed by atoms with Crippen molar-refractivity contribution >= 4 is 23.1 Å². The lowest BCUT2D eigenvalue weighted by Gasteiger charge is -2.31. The fraction of sp³-hybridized carbons (Fsp3) is 0.375. The van der Waals surface area contributed by atoms with Crippen LogP contribution in [0.2, 0.25) is 0 Å². The van der Waals surface area contributed by atoms with E-state index in [0.717, 1.165) is 24.3 Å². The molecule has 112 valence electrons. The smallest absolute Gasteiger partial charge is 0.133 e. The molecule has 0 radical (unpaired) electrons. The van der Waals surface area contributed by atoms with Crippen molar-refractivity contribution < 1.29 is 4.74 Å². The zero-order valence-corrected chi connectivity index (χ0v) is 13.7. The van der Waals surface area contributed by atoms with E-state index in [1.807, 2.05) is 41.3 Å². The molecule has 5 heteroatoms. The summed E-state index contributed by atoms with van der Waals surface area (Å²) in [5.74, 6) is 7.68. The Morgan fingerprint density at radius 2 is 2.10 bits per heavy atom. The van der Waals surface area contributed by atoms with Crippen molar-refractivity contribution in [1.82, 2.24) is 5.43 Å². The highest BCUT2D eigenvalue weighted by atomic mass is 32.2. The Morgan fingerprint density at radius 1 is 1.29 bits per heavy atom. The molecule has 1 aromatic carbocycles. The summed E-state index contributed by atoms with van der Waals surface area (Å²) in [5, 5.41) is 0. The Bertz CT molecular complexity index is 599. The summed E-state index contributed by atoms with van der Waals surface area (Å²) in [5.41, 5.74) is 2.95. The van der Waals surface area contributed by atoms with Gasteiger partial charge in [0, 0.05) is 26.8 Å². The molecule has 1 aromatic heterocycles. The zero-order valence-electron chi connectivity index (χ0n) is 12.0. The normalized spacial score (nSPS) is 18.9. The van der Waals surface area contributed by atoms with Crippen molar-refractivity contribution in [2.45, 2.75) is 36.8 Å². The molecule has 3 rings (SSSR count). The van der Waals surface area contributed by atoms with Gasteiger partial charge in [-0.05, 0) is 30.7 Å². The van der Waals surface area contributed by atoms with Gasteiger partial charge >= 0.3 is 0 Å². The minimum Gasteiger partial charge on any atom is -0.487 e. The van der Waals surface area contributed by atoms with Gasteiger partial charge in [0.2, 0.25) is 0 Å². The highest BCUT2D eigenvalue weighted by Gasteiger charge is 2.28. The molecule has 2 atom stereocenters. The number of benzene rings is 1. The van der Waals surface area contributed by atoms with Crippen LogP contribution >= 0.6 is 23.1 Å². The van der Waals surface area contributed by atoms with E-state index in [1.165, 1.54) is 14.6 Å². The first-order valence-electron chi connectivity index (χ1n) is 7.22. The number of para-hydroxylation sites is 1. The fourth-order valence-corrected chi connectivity index (χ4v) is 4.56. The third-order valence-corrected chi connectivity index (χ3v) is 6.08. The summed E-state index contributed by atoms with van der Waals surface area (Å²) >= 11 is 3.71. The maximum atomic E-state index is 6.13. The first-order valence-corrected chi connectivity index (χ1v) is 9.02. The molecule has 0 saturated heterocycles. The second-order valence-corrected chi connectivity index (χ2v) is 7.43. The summed E-state index contributed by atoms with van der Waals surface area (Å²) in [6, 6.07) is 12.7. The van der Waals surface area contributed by atoms with Gasteiger partial charge in [-0.1, -0.05) is 19.1 Å². The molecule has 0 amide bonds. The maximum Gasteiger partial charge on any atom is 0.133 e. The summed E-state index contributed by atoms with van der Waals surface area (Å²) in [7, 11) is 0. The topological polar surface area (TPSA) is 47.3 Å². The van der Waals surface area contributed by atoms with Crippen LogP contribution in [0.5, 0.6) is 5.75 Å². The van der Waals surface area contributed by atoms with Gasteiger partial charge in [-0.3, -0.25) is 11.3 Å². The van der Waals surface area contributed by atoms with Crippen LogP contribution in [0.15, 0.2) is 41.3 Å². The van der Waals surface area contributed by atoms with E-state index in [0.29, 0.717) is 0 Å². The van der Waals surface area contributed by atoms with Crippen LogP contribution in [0, 0.1) is 0 Å². The molecule has 0 bridgehead atoms. The Morgan fingerprint density at radius 3 is 2.86 bits per heavy atom. The van der Waals surface area contributed by atoms with Crippen molar-refractivity contribution in [1.29, 1.82) is 0 Å². The van der Waals surface area contributed by atoms with E-state index < -0.39 is 0 Å². The van der Waals surface area contributed by atoms with Crippen LogP contribution in [-0.4, -0.2) is 17.9 Å². The van der Waals surface area contributed by atoms with Gasteiger partial charge in [-0.25, -0.2) is 0 Å². The molecule has 2 aromatic rings. The predicted molar refractivity (Wildman–Crippen MR) is 90.1 cm³/mol. The highest BCUT2D eigenvalue weighted by molar-refractivity contribution is 7.99. The summed E-state index contributed by atoms with van der Waals surface area (Å²) in [6.07, 6.45) is 2.10. The monoisotopic (exact) mass is 320 g/mol. The average Bonchev–Trinajstić information content (AvgIpc) is 3.00. The lowest BCUT2D eigenvalue weighted by atomic mass is 10.1. The van der Waals surface area contributed by atoms with Gasteiger partial charge in [0.05, 0.1) is 6.04 Å². The number of aryl methyl sites for hydroxylation is 1. The quantitative estimate of drug-likeness (QED) is 0.656. The molecule has 0 spiro atoms. The fourth-order valence-electron chi connectivity index (χ4n) is 2.47. The van der Waals surface area contributed by atoms with E-state index in [2.05, 4.69) is 30.5 Å². The van der Waals surface area contributed by atoms with Crippen molar-refractivity contribution in [2.75, 3.05) is 5.75 Å². The number of thiophene rings is 1. The molecule has 2 unspecified atom stereocenters. The third-order valence-electron chi connectivity index (χ3n) is 3.68. The van der Waals surface area contributed by atoms with E-state index in [4.69, 9.17) is 10.6 Å². The SMILES string of the molecule is CCc1ccc(CC(NN)C2CSc3ccccc3O2)s1. The van der Waals surface area contributed by atoms with Crippen LogP contribution in [0.25, 0.3) is 0 Å². The predicted octanol–water partition coefficient (Wildman–Crippen LogP) is 3.24. The van der Waals surface area contributed by atoms with Gasteiger partial charge < -0.3 is 4.74 Å². The minimum atomic E-state index is 0.0991. The second kappa shape index (κ2) is 6.83. The number of nitrogens with one attached hydrogen (secondary N) is 1. The Hall–Kier alpha value is -1.01. The average molecular weight is 320 g/mol. The Kier molecular flexibility index (Phi) is 4.85. The maximum absolute atomic E-state index is 6.13. The number of ether oxygens (including phenoxy) is 1. The van der Waals surface area contributed by atoms with Gasteiger partial charge in [0.15, 0.2) is 0 Å². The van der Waals surface area contributed by atoms with E-state index >= 15 is 0 Å². The lowest BCUT2D eigenvalue weighted by molar-refractivity contribution is 0.166. The number of fused-ring (bicyclic) bond motifs is 1. The second-order valence-electron chi connectivity index (χ2n) is 5.11. The van der Waals surface area contributed by atoms with Gasteiger partial charge in [0.1, 0.15) is 11.9 Å². The number of nitrogens with two attached hydrogens (primary N) is 1. The third kappa shape index (κ3) is 3.43.